The van der Waals surface area contributed by atoms with Gasteiger partial charge in [-0.2, -0.15) is 0 Å². The first-order chi connectivity index (χ1) is 16.9. The molecule has 0 bridgehead atoms. The minimum Gasteiger partial charge on any atom is -0.478 e. The Labute approximate surface area is 206 Å². The molecule has 1 unspecified atom stereocenters. The number of ether oxygens (including phenoxy) is 2. The van der Waals surface area contributed by atoms with Gasteiger partial charge < -0.3 is 25.2 Å². The molecule has 3 N–H and O–H groups in total. The van der Waals surface area contributed by atoms with Gasteiger partial charge in [-0.15, -0.1) is 0 Å². The summed E-state index contributed by atoms with van der Waals surface area (Å²) in [5.74, 6) is -1.95. The number of hydrogen-bond donors (Lipinski definition) is 3. The summed E-state index contributed by atoms with van der Waals surface area (Å²) in [6.45, 7) is -0.0455. The van der Waals surface area contributed by atoms with Crippen molar-refractivity contribution in [1.82, 2.24) is 5.32 Å². The number of carbonyl (C=O) groups excluding carboxylic acids is 2. The van der Waals surface area contributed by atoms with Gasteiger partial charge in [0.25, 0.3) is 5.91 Å². The highest BCUT2D eigenvalue weighted by atomic mass is 35.5. The SMILES string of the molecule is COC(CNC(=O)OCC1c2ccccc2-c2ccccc21)C(=O)Nc1cc(Cl)ccc1C(=O)O. The van der Waals surface area contributed by atoms with Gasteiger partial charge in [0.05, 0.1) is 17.8 Å². The molecule has 180 valence electrons. The monoisotopic (exact) mass is 494 g/mol. The predicted molar refractivity (Wildman–Crippen MR) is 131 cm³/mol. The third kappa shape index (κ3) is 5.29. The molecule has 8 nitrogen and oxygen atoms in total. The fraction of sp³-hybridized carbons (Fsp3) is 0.192. The molecule has 0 aliphatic heterocycles. The Balaban J connectivity index is 1.35. The number of aromatic carboxylic acids is 1. The van der Waals surface area contributed by atoms with Gasteiger partial charge in [-0.1, -0.05) is 60.1 Å². The van der Waals surface area contributed by atoms with Crippen molar-refractivity contribution in [2.45, 2.75) is 12.0 Å². The minimum atomic E-state index is -1.22. The van der Waals surface area contributed by atoms with Crippen LogP contribution >= 0.6 is 11.6 Å². The zero-order valence-corrected chi connectivity index (χ0v) is 19.5. The van der Waals surface area contributed by atoms with Crippen LogP contribution in [-0.2, 0) is 14.3 Å². The number of alkyl carbamates (subject to hydrolysis) is 1. The maximum atomic E-state index is 12.6. The number of halogens is 1. The smallest absolute Gasteiger partial charge is 0.407 e. The van der Waals surface area contributed by atoms with Crippen molar-refractivity contribution in [2.24, 2.45) is 0 Å². The van der Waals surface area contributed by atoms with Crippen LogP contribution in [0.5, 0.6) is 0 Å². The molecule has 1 atom stereocenters. The molecule has 0 heterocycles. The van der Waals surface area contributed by atoms with Crippen molar-refractivity contribution >= 4 is 35.3 Å². The van der Waals surface area contributed by atoms with Crippen LogP contribution in [0.1, 0.15) is 27.4 Å². The summed E-state index contributed by atoms with van der Waals surface area (Å²) in [7, 11) is 1.31. The Bertz CT molecular complexity index is 1230. The Morgan fingerprint density at radius 3 is 2.23 bits per heavy atom. The van der Waals surface area contributed by atoms with Gasteiger partial charge in [-0.25, -0.2) is 9.59 Å². The number of carboxylic acids is 1. The summed E-state index contributed by atoms with van der Waals surface area (Å²) >= 11 is 5.92. The maximum absolute atomic E-state index is 12.6. The molecule has 3 aromatic rings. The van der Waals surface area contributed by atoms with Gasteiger partial charge in [0.2, 0.25) is 0 Å². The van der Waals surface area contributed by atoms with Crippen molar-refractivity contribution in [2.75, 3.05) is 25.6 Å². The third-order valence-electron chi connectivity index (χ3n) is 5.82. The average molecular weight is 495 g/mol. The van der Waals surface area contributed by atoms with Gasteiger partial charge in [-0.3, -0.25) is 4.79 Å². The van der Waals surface area contributed by atoms with Crippen LogP contribution in [-0.4, -0.2) is 49.4 Å². The Morgan fingerprint density at radius 2 is 1.63 bits per heavy atom. The van der Waals surface area contributed by atoms with Crippen molar-refractivity contribution < 1.29 is 29.0 Å². The van der Waals surface area contributed by atoms with E-state index in [1.54, 1.807) is 0 Å². The second-order valence-corrected chi connectivity index (χ2v) is 8.35. The molecule has 0 radical (unpaired) electrons. The lowest BCUT2D eigenvalue weighted by Crippen LogP contribution is -2.41. The Hall–Kier alpha value is -3.88. The summed E-state index contributed by atoms with van der Waals surface area (Å²) in [4.78, 5) is 36.4. The van der Waals surface area contributed by atoms with E-state index < -0.39 is 24.1 Å². The first-order valence-corrected chi connectivity index (χ1v) is 11.2. The molecule has 0 saturated heterocycles. The largest absolute Gasteiger partial charge is 0.478 e. The van der Waals surface area contributed by atoms with E-state index >= 15 is 0 Å². The van der Waals surface area contributed by atoms with Crippen LogP contribution in [0.2, 0.25) is 5.02 Å². The lowest BCUT2D eigenvalue weighted by Gasteiger charge is -2.18. The van der Waals surface area contributed by atoms with Crippen molar-refractivity contribution in [3.63, 3.8) is 0 Å². The highest BCUT2D eigenvalue weighted by Gasteiger charge is 2.29. The molecule has 0 saturated carbocycles. The fourth-order valence-corrected chi connectivity index (χ4v) is 4.30. The van der Waals surface area contributed by atoms with Crippen LogP contribution in [0.15, 0.2) is 66.7 Å². The van der Waals surface area contributed by atoms with Crippen LogP contribution < -0.4 is 10.6 Å². The number of nitrogens with one attached hydrogen (secondary N) is 2. The second-order valence-electron chi connectivity index (χ2n) is 7.92. The van der Waals surface area contributed by atoms with E-state index in [9.17, 15) is 19.5 Å². The molecule has 35 heavy (non-hydrogen) atoms. The van der Waals surface area contributed by atoms with E-state index in [0.717, 1.165) is 22.3 Å². The van der Waals surface area contributed by atoms with E-state index in [-0.39, 0.29) is 35.3 Å². The van der Waals surface area contributed by atoms with Gasteiger partial charge in [0, 0.05) is 18.1 Å². The summed E-state index contributed by atoms with van der Waals surface area (Å²) in [6.07, 6.45) is -1.79. The topological polar surface area (TPSA) is 114 Å². The number of rotatable bonds is 8. The Kier molecular flexibility index (Phi) is 7.33. The van der Waals surface area contributed by atoms with Crippen molar-refractivity contribution in [3.8, 4) is 11.1 Å². The lowest BCUT2D eigenvalue weighted by atomic mass is 9.98. The highest BCUT2D eigenvalue weighted by Crippen LogP contribution is 2.44. The molecule has 9 heteroatoms. The van der Waals surface area contributed by atoms with Crippen LogP contribution in [0.4, 0.5) is 10.5 Å². The maximum Gasteiger partial charge on any atom is 0.407 e. The van der Waals surface area contributed by atoms with Gasteiger partial charge in [0.15, 0.2) is 6.10 Å². The average Bonchev–Trinajstić information content (AvgIpc) is 3.16. The molecule has 4 rings (SSSR count). The number of carboxylic acid groups (broad SMARTS) is 1. The zero-order valence-electron chi connectivity index (χ0n) is 18.8. The molecule has 2 amide bonds. The highest BCUT2D eigenvalue weighted by molar-refractivity contribution is 6.31. The first kappa shape index (κ1) is 24.3. The van der Waals surface area contributed by atoms with Gasteiger partial charge in [-0.05, 0) is 40.5 Å². The third-order valence-corrected chi connectivity index (χ3v) is 6.06. The van der Waals surface area contributed by atoms with Gasteiger partial charge >= 0.3 is 12.1 Å². The normalized spacial score (nSPS) is 12.9. The number of anilines is 1. The zero-order chi connectivity index (χ0) is 24.9. The van der Waals surface area contributed by atoms with E-state index in [1.165, 1.54) is 25.3 Å². The van der Waals surface area contributed by atoms with E-state index in [4.69, 9.17) is 21.1 Å². The van der Waals surface area contributed by atoms with Crippen LogP contribution in [0.3, 0.4) is 0 Å². The summed E-state index contributed by atoms with van der Waals surface area (Å²) < 4.78 is 10.6. The number of benzene rings is 3. The number of amides is 2. The van der Waals surface area contributed by atoms with E-state index in [0.29, 0.717) is 0 Å². The van der Waals surface area contributed by atoms with Crippen molar-refractivity contribution in [3.05, 3.63) is 88.4 Å². The summed E-state index contributed by atoms with van der Waals surface area (Å²) in [5.41, 5.74) is 4.32. The molecule has 1 aliphatic rings. The number of hydrogen-bond acceptors (Lipinski definition) is 5. The molecule has 3 aromatic carbocycles. The predicted octanol–water partition coefficient (Wildman–Crippen LogP) is 4.53. The molecule has 1 aliphatic carbocycles. The van der Waals surface area contributed by atoms with Gasteiger partial charge in [0.1, 0.15) is 6.61 Å². The van der Waals surface area contributed by atoms with Crippen LogP contribution in [0, 0.1) is 0 Å². The second kappa shape index (κ2) is 10.6. The standard InChI is InChI=1S/C26H23ClN2O6/c1-34-23(24(30)29-22-12-15(27)10-11-20(22)25(31)32)13-28-26(33)35-14-21-18-8-4-2-6-16(18)17-7-3-5-9-19(17)21/h2-12,21,23H,13-14H2,1H3,(H,28,33)(H,29,30)(H,31,32). The molecular formula is C26H23ClN2O6. The van der Waals surface area contributed by atoms with Crippen LogP contribution in [0.25, 0.3) is 11.1 Å². The molecule has 0 spiro atoms. The number of fused-ring (bicyclic) bond motifs is 3. The minimum absolute atomic E-state index is 0.0261. The summed E-state index contributed by atoms with van der Waals surface area (Å²) in [6, 6.07) is 20.0. The van der Waals surface area contributed by atoms with E-state index in [2.05, 4.69) is 10.6 Å². The quantitative estimate of drug-likeness (QED) is 0.424. The molecular weight excluding hydrogens is 472 g/mol. The molecule has 0 aromatic heterocycles. The number of carbonyl (C=O) groups is 3. The lowest BCUT2D eigenvalue weighted by molar-refractivity contribution is -0.125. The first-order valence-electron chi connectivity index (χ1n) is 10.8. The summed E-state index contributed by atoms with van der Waals surface area (Å²) in [5, 5.41) is 14.6. The fourth-order valence-electron chi connectivity index (χ4n) is 4.13. The van der Waals surface area contributed by atoms with Crippen molar-refractivity contribution in [1.29, 1.82) is 0 Å². The Morgan fingerprint density at radius 1 is 1.00 bits per heavy atom. The molecule has 0 fully saturated rings. The number of methoxy groups -OCH3 is 1. The van der Waals surface area contributed by atoms with E-state index in [1.807, 2.05) is 48.5 Å².